The van der Waals surface area contributed by atoms with Crippen LogP contribution in [0.2, 0.25) is 0 Å². The molecule has 0 N–H and O–H groups in total. The molecule has 5 heteroatoms. The van der Waals surface area contributed by atoms with E-state index in [1.807, 2.05) is 0 Å². The highest BCUT2D eigenvalue weighted by Gasteiger charge is 2.27. The summed E-state index contributed by atoms with van der Waals surface area (Å²) < 4.78 is 13.3. The second-order valence-corrected chi connectivity index (χ2v) is 8.53. The summed E-state index contributed by atoms with van der Waals surface area (Å²) in [5.74, 6) is 0.898. The smallest absolute Gasteiger partial charge is 0.119 e. The Morgan fingerprint density at radius 3 is 2.45 bits per heavy atom. The molecule has 0 bridgehead atoms. The topological polar surface area (TPSA) is 39.0 Å². The number of aryl methyl sites for hydroxylation is 3. The molecule has 3 aromatic rings. The zero-order chi connectivity index (χ0) is 22.0. The van der Waals surface area contributed by atoms with Crippen LogP contribution in [0.1, 0.15) is 49.9 Å². The maximum atomic E-state index is 5.65. The normalized spacial score (nSPS) is 14.9. The third-order valence-corrected chi connectivity index (χ3v) is 6.42. The molecule has 5 nitrogen and oxygen atoms in total. The molecule has 0 spiro atoms. The van der Waals surface area contributed by atoms with Gasteiger partial charge in [-0.05, 0) is 74.9 Å². The van der Waals surface area contributed by atoms with Crippen LogP contribution in [0, 0.1) is 13.8 Å². The summed E-state index contributed by atoms with van der Waals surface area (Å²) >= 11 is 0. The van der Waals surface area contributed by atoms with Crippen LogP contribution >= 0.6 is 0 Å². The maximum Gasteiger partial charge on any atom is 0.119 e. The minimum atomic E-state index is 0.514. The van der Waals surface area contributed by atoms with E-state index in [0.717, 1.165) is 56.9 Å². The van der Waals surface area contributed by atoms with Crippen molar-refractivity contribution in [3.63, 3.8) is 0 Å². The molecule has 3 heterocycles. The lowest BCUT2D eigenvalue weighted by atomic mass is 9.98. The molecule has 0 saturated carbocycles. The lowest BCUT2D eigenvalue weighted by molar-refractivity contribution is 0.0844. The molecule has 1 aliphatic heterocycles. The maximum absolute atomic E-state index is 5.65. The van der Waals surface area contributed by atoms with E-state index in [0.29, 0.717) is 6.04 Å². The molecule has 0 amide bonds. The highest BCUT2D eigenvalue weighted by atomic mass is 16.5. The van der Waals surface area contributed by atoms with Crippen LogP contribution in [0.15, 0.2) is 30.3 Å². The third kappa shape index (κ3) is 4.03. The zero-order valence-corrected chi connectivity index (χ0v) is 19.6. The molecule has 1 aromatic carbocycles. The van der Waals surface area contributed by atoms with Gasteiger partial charge in [0.1, 0.15) is 5.75 Å². The van der Waals surface area contributed by atoms with E-state index < -0.39 is 0 Å². The minimum absolute atomic E-state index is 0.514. The van der Waals surface area contributed by atoms with E-state index in [2.05, 4.69) is 67.4 Å². The van der Waals surface area contributed by atoms with Crippen LogP contribution in [-0.4, -0.2) is 42.5 Å². The van der Waals surface area contributed by atoms with Gasteiger partial charge in [-0.2, -0.15) is 5.10 Å². The monoisotopic (exact) mass is 421 g/mol. The van der Waals surface area contributed by atoms with Gasteiger partial charge in [0.15, 0.2) is 0 Å². The molecular formula is C26H35N3O2. The molecule has 4 rings (SSSR count). The molecule has 1 aliphatic rings. The Morgan fingerprint density at radius 1 is 1.13 bits per heavy atom. The number of hydrogen-bond donors (Lipinski definition) is 0. The first-order valence-electron chi connectivity index (χ1n) is 11.6. The molecule has 2 aromatic heterocycles. The van der Waals surface area contributed by atoms with E-state index >= 15 is 0 Å². The Labute approximate surface area is 186 Å². The quantitative estimate of drug-likeness (QED) is 0.499. The Morgan fingerprint density at radius 2 is 1.84 bits per heavy atom. The van der Waals surface area contributed by atoms with Crippen LogP contribution in [0.25, 0.3) is 16.8 Å². The number of pyridine rings is 1. The summed E-state index contributed by atoms with van der Waals surface area (Å²) in [6.07, 6.45) is 4.20. The molecule has 31 heavy (non-hydrogen) atoms. The lowest BCUT2D eigenvalue weighted by Crippen LogP contribution is -2.40. The first-order chi connectivity index (χ1) is 15.1. The van der Waals surface area contributed by atoms with Gasteiger partial charge in [-0.25, -0.2) is 4.52 Å². The van der Waals surface area contributed by atoms with E-state index in [9.17, 15) is 0 Å². The SMILES string of the molecule is CCCN(c1c(CC)nn2c(-c3c(C)cc(OC)cc3C)cccc12)C1CCOCC1. The van der Waals surface area contributed by atoms with E-state index in [1.165, 1.54) is 33.6 Å². The van der Waals surface area contributed by atoms with Gasteiger partial charge in [-0.3, -0.25) is 0 Å². The zero-order valence-electron chi connectivity index (χ0n) is 19.6. The van der Waals surface area contributed by atoms with Crippen LogP contribution in [0.4, 0.5) is 5.69 Å². The van der Waals surface area contributed by atoms with Gasteiger partial charge < -0.3 is 14.4 Å². The molecule has 166 valence electrons. The number of fused-ring (bicyclic) bond motifs is 1. The number of hydrogen-bond acceptors (Lipinski definition) is 4. The van der Waals surface area contributed by atoms with Crippen molar-refractivity contribution in [2.75, 3.05) is 31.8 Å². The van der Waals surface area contributed by atoms with E-state index in [4.69, 9.17) is 14.6 Å². The van der Waals surface area contributed by atoms with E-state index in [-0.39, 0.29) is 0 Å². The summed E-state index contributed by atoms with van der Waals surface area (Å²) in [6, 6.07) is 11.3. The fraction of sp³-hybridized carbons (Fsp3) is 0.500. The number of anilines is 1. The van der Waals surface area contributed by atoms with Crippen LogP contribution in [0.3, 0.4) is 0 Å². The lowest BCUT2D eigenvalue weighted by Gasteiger charge is -2.36. The predicted octanol–water partition coefficient (Wildman–Crippen LogP) is 5.58. The molecule has 0 aliphatic carbocycles. The minimum Gasteiger partial charge on any atom is -0.497 e. The second kappa shape index (κ2) is 9.31. The number of rotatable bonds is 7. The van der Waals surface area contributed by atoms with Crippen molar-refractivity contribution in [3.8, 4) is 17.0 Å². The number of methoxy groups -OCH3 is 1. The summed E-state index contributed by atoms with van der Waals surface area (Å²) in [4.78, 5) is 2.61. The van der Waals surface area contributed by atoms with Crippen LogP contribution in [0.5, 0.6) is 5.75 Å². The molecule has 1 fully saturated rings. The Hall–Kier alpha value is -2.53. The van der Waals surface area contributed by atoms with Gasteiger partial charge in [0.05, 0.1) is 29.7 Å². The van der Waals surface area contributed by atoms with Crippen molar-refractivity contribution < 1.29 is 9.47 Å². The van der Waals surface area contributed by atoms with Gasteiger partial charge in [-0.15, -0.1) is 0 Å². The highest BCUT2D eigenvalue weighted by molar-refractivity contribution is 5.81. The van der Waals surface area contributed by atoms with Crippen LogP contribution in [-0.2, 0) is 11.2 Å². The van der Waals surface area contributed by atoms with Crippen molar-refractivity contribution >= 4 is 11.2 Å². The largest absolute Gasteiger partial charge is 0.497 e. The molecule has 0 radical (unpaired) electrons. The molecule has 1 saturated heterocycles. The average Bonchev–Trinajstić information content (AvgIpc) is 3.16. The van der Waals surface area contributed by atoms with Crippen LogP contribution < -0.4 is 9.64 Å². The fourth-order valence-corrected chi connectivity index (χ4v) is 5.00. The predicted molar refractivity (Wildman–Crippen MR) is 128 cm³/mol. The van der Waals surface area contributed by atoms with E-state index in [1.54, 1.807) is 7.11 Å². The number of aromatic nitrogens is 2. The average molecular weight is 422 g/mol. The molecule has 0 atom stereocenters. The third-order valence-electron chi connectivity index (χ3n) is 6.42. The molecular weight excluding hydrogens is 386 g/mol. The fourth-order valence-electron chi connectivity index (χ4n) is 5.00. The van der Waals surface area contributed by atoms with Crippen molar-refractivity contribution in [3.05, 3.63) is 47.2 Å². The van der Waals surface area contributed by atoms with Crippen molar-refractivity contribution in [2.45, 2.75) is 59.4 Å². The standard InChI is InChI=1S/C26H35N3O2/c1-6-13-28(20-11-14-31-15-12-20)26-22(7-2)27-29-23(9-8-10-24(26)29)25-18(3)16-21(30-5)17-19(25)4/h8-10,16-17,20H,6-7,11-15H2,1-5H3. The summed E-state index contributed by atoms with van der Waals surface area (Å²) in [5.41, 5.74) is 8.46. The van der Waals surface area contributed by atoms with Crippen molar-refractivity contribution in [1.29, 1.82) is 0 Å². The number of ether oxygens (including phenoxy) is 2. The summed E-state index contributed by atoms with van der Waals surface area (Å²) in [6.45, 7) is 11.5. The molecule has 0 unspecified atom stereocenters. The van der Waals surface area contributed by atoms with Gasteiger partial charge in [0.25, 0.3) is 0 Å². The van der Waals surface area contributed by atoms with Crippen molar-refractivity contribution in [2.24, 2.45) is 0 Å². The summed E-state index contributed by atoms with van der Waals surface area (Å²) in [5, 5.41) is 5.14. The Balaban J connectivity index is 1.90. The number of nitrogens with zero attached hydrogens (tertiary/aromatic N) is 3. The van der Waals surface area contributed by atoms with Gasteiger partial charge in [0, 0.05) is 31.4 Å². The number of benzene rings is 1. The van der Waals surface area contributed by atoms with Crippen molar-refractivity contribution in [1.82, 2.24) is 9.61 Å². The Kier molecular flexibility index (Phi) is 6.51. The second-order valence-electron chi connectivity index (χ2n) is 8.53. The van der Waals surface area contributed by atoms with Gasteiger partial charge in [-0.1, -0.05) is 19.9 Å². The first-order valence-corrected chi connectivity index (χ1v) is 11.6. The first kappa shape index (κ1) is 21.7. The summed E-state index contributed by atoms with van der Waals surface area (Å²) in [7, 11) is 1.72. The van der Waals surface area contributed by atoms with Gasteiger partial charge in [0.2, 0.25) is 0 Å². The Bertz CT molecular complexity index is 1030. The van der Waals surface area contributed by atoms with Gasteiger partial charge >= 0.3 is 0 Å². The highest BCUT2D eigenvalue weighted by Crippen LogP contribution is 2.36.